The quantitative estimate of drug-likeness (QED) is 0.879. The largest absolute Gasteiger partial charge is 0.496 e. The Kier molecular flexibility index (Phi) is 4.02. The van der Waals surface area contributed by atoms with Gasteiger partial charge in [-0.1, -0.05) is 12.1 Å². The first-order valence-electron chi connectivity index (χ1n) is 5.75. The van der Waals surface area contributed by atoms with Gasteiger partial charge in [0.15, 0.2) is 0 Å². The van der Waals surface area contributed by atoms with E-state index in [-0.39, 0.29) is 5.91 Å². The van der Waals surface area contributed by atoms with Crippen molar-refractivity contribution in [1.82, 2.24) is 5.32 Å². The van der Waals surface area contributed by atoms with Crippen molar-refractivity contribution in [3.63, 3.8) is 0 Å². The molecule has 4 heteroatoms. The zero-order chi connectivity index (χ0) is 12.8. The highest BCUT2D eigenvalue weighted by Gasteiger charge is 2.10. The minimum absolute atomic E-state index is 0.140. The van der Waals surface area contributed by atoms with Gasteiger partial charge in [0, 0.05) is 13.0 Å². The Morgan fingerprint density at radius 1 is 1.28 bits per heavy atom. The van der Waals surface area contributed by atoms with E-state index < -0.39 is 0 Å². The molecule has 0 spiro atoms. The number of para-hydroxylation sites is 1. The lowest BCUT2D eigenvalue weighted by atomic mass is 10.2. The summed E-state index contributed by atoms with van der Waals surface area (Å²) in [6.07, 6.45) is 2.30. The molecule has 2 rings (SSSR count). The highest BCUT2D eigenvalue weighted by Crippen LogP contribution is 2.16. The van der Waals surface area contributed by atoms with Crippen molar-refractivity contribution >= 4 is 5.91 Å². The van der Waals surface area contributed by atoms with Gasteiger partial charge in [-0.25, -0.2) is 0 Å². The van der Waals surface area contributed by atoms with E-state index in [1.54, 1.807) is 25.5 Å². The van der Waals surface area contributed by atoms with Crippen molar-refractivity contribution in [3.05, 3.63) is 54.0 Å². The topological polar surface area (TPSA) is 51.5 Å². The molecule has 2 aromatic rings. The lowest BCUT2D eigenvalue weighted by Crippen LogP contribution is -2.26. The molecule has 0 bridgehead atoms. The Hall–Kier alpha value is -2.23. The van der Waals surface area contributed by atoms with E-state index in [2.05, 4.69) is 5.32 Å². The number of carbonyl (C=O) groups is 1. The minimum atomic E-state index is -0.140. The van der Waals surface area contributed by atoms with Crippen LogP contribution in [0.15, 0.2) is 47.1 Å². The van der Waals surface area contributed by atoms with Crippen molar-refractivity contribution in [1.29, 1.82) is 0 Å². The summed E-state index contributed by atoms with van der Waals surface area (Å²) in [7, 11) is 1.55. The first-order chi connectivity index (χ1) is 8.81. The molecule has 94 valence electrons. The molecule has 0 radical (unpaired) electrons. The monoisotopic (exact) mass is 245 g/mol. The summed E-state index contributed by atoms with van der Waals surface area (Å²) in [6, 6.07) is 10.9. The Bertz CT molecular complexity index is 506. The second-order valence-corrected chi connectivity index (χ2v) is 3.79. The first-order valence-corrected chi connectivity index (χ1v) is 5.75. The van der Waals surface area contributed by atoms with Crippen LogP contribution < -0.4 is 10.1 Å². The number of amides is 1. The molecule has 1 heterocycles. The van der Waals surface area contributed by atoms with Gasteiger partial charge in [-0.2, -0.15) is 0 Å². The van der Waals surface area contributed by atoms with Gasteiger partial charge in [0.1, 0.15) is 11.5 Å². The molecule has 0 fully saturated rings. The predicted molar refractivity (Wildman–Crippen MR) is 67.7 cm³/mol. The van der Waals surface area contributed by atoms with Gasteiger partial charge >= 0.3 is 0 Å². The predicted octanol–water partition coefficient (Wildman–Crippen LogP) is 2.26. The summed E-state index contributed by atoms with van der Waals surface area (Å²) < 4.78 is 10.3. The van der Waals surface area contributed by atoms with Crippen molar-refractivity contribution in [2.75, 3.05) is 13.7 Å². The molecule has 18 heavy (non-hydrogen) atoms. The molecular formula is C14H15NO3. The third kappa shape index (κ3) is 2.91. The first kappa shape index (κ1) is 12.2. The average Bonchev–Trinajstić information content (AvgIpc) is 2.91. The molecular weight excluding hydrogens is 230 g/mol. The lowest BCUT2D eigenvalue weighted by Gasteiger charge is -2.08. The second-order valence-electron chi connectivity index (χ2n) is 3.79. The van der Waals surface area contributed by atoms with Gasteiger partial charge in [-0.15, -0.1) is 0 Å². The molecule has 1 amide bonds. The van der Waals surface area contributed by atoms with Crippen molar-refractivity contribution in [3.8, 4) is 5.75 Å². The number of carbonyl (C=O) groups excluding carboxylic acids is 1. The number of methoxy groups -OCH3 is 1. The fourth-order valence-corrected chi connectivity index (χ4v) is 1.68. The van der Waals surface area contributed by atoms with E-state index in [0.29, 0.717) is 24.3 Å². The smallest absolute Gasteiger partial charge is 0.255 e. The molecule has 0 aliphatic rings. The molecule has 4 nitrogen and oxygen atoms in total. The van der Waals surface area contributed by atoms with Crippen LogP contribution in [0.25, 0.3) is 0 Å². The maximum absolute atomic E-state index is 11.9. The summed E-state index contributed by atoms with van der Waals surface area (Å²) in [5, 5.41) is 2.83. The number of ether oxygens (including phenoxy) is 1. The van der Waals surface area contributed by atoms with Crippen molar-refractivity contribution in [2.45, 2.75) is 6.42 Å². The number of hydrogen-bond acceptors (Lipinski definition) is 3. The van der Waals surface area contributed by atoms with Gasteiger partial charge in [-0.05, 0) is 24.3 Å². The maximum atomic E-state index is 11.9. The summed E-state index contributed by atoms with van der Waals surface area (Å²) in [5.41, 5.74) is 0.541. The van der Waals surface area contributed by atoms with Crippen LogP contribution in [-0.2, 0) is 6.42 Å². The molecule has 0 aliphatic heterocycles. The third-order valence-corrected chi connectivity index (χ3v) is 2.59. The number of furan rings is 1. The summed E-state index contributed by atoms with van der Waals surface area (Å²) in [4.78, 5) is 11.9. The zero-order valence-electron chi connectivity index (χ0n) is 10.2. The van der Waals surface area contributed by atoms with E-state index in [9.17, 15) is 4.79 Å². The summed E-state index contributed by atoms with van der Waals surface area (Å²) >= 11 is 0. The Balaban J connectivity index is 1.91. The van der Waals surface area contributed by atoms with E-state index in [1.165, 1.54) is 0 Å². The standard InChI is InChI=1S/C14H15NO3/c1-17-13-7-3-2-6-12(13)14(16)15-9-8-11-5-4-10-18-11/h2-7,10H,8-9H2,1H3,(H,15,16). The highest BCUT2D eigenvalue weighted by atomic mass is 16.5. The highest BCUT2D eigenvalue weighted by molar-refractivity contribution is 5.96. The number of benzene rings is 1. The fourth-order valence-electron chi connectivity index (χ4n) is 1.68. The van der Waals surface area contributed by atoms with Crippen molar-refractivity contribution in [2.24, 2.45) is 0 Å². The van der Waals surface area contributed by atoms with Gasteiger partial charge in [0.2, 0.25) is 0 Å². The zero-order valence-corrected chi connectivity index (χ0v) is 10.2. The van der Waals surface area contributed by atoms with Gasteiger partial charge in [0.05, 0.1) is 18.9 Å². The van der Waals surface area contributed by atoms with Crippen LogP contribution in [0.5, 0.6) is 5.75 Å². The second kappa shape index (κ2) is 5.91. The Morgan fingerprint density at radius 3 is 2.83 bits per heavy atom. The van der Waals surface area contributed by atoms with Crippen molar-refractivity contribution < 1.29 is 13.9 Å². The molecule has 0 atom stereocenters. The molecule has 1 aromatic heterocycles. The number of hydrogen-bond donors (Lipinski definition) is 1. The van der Waals surface area contributed by atoms with Crippen LogP contribution in [0.4, 0.5) is 0 Å². The Labute approximate surface area is 106 Å². The molecule has 0 saturated heterocycles. The van der Waals surface area contributed by atoms with E-state index in [0.717, 1.165) is 5.76 Å². The van der Waals surface area contributed by atoms with E-state index in [1.807, 2.05) is 24.3 Å². The van der Waals surface area contributed by atoms with Crippen LogP contribution in [-0.4, -0.2) is 19.6 Å². The van der Waals surface area contributed by atoms with Crippen LogP contribution in [0.1, 0.15) is 16.1 Å². The molecule has 1 N–H and O–H groups in total. The number of rotatable bonds is 5. The summed E-state index contributed by atoms with van der Waals surface area (Å²) in [5.74, 6) is 1.29. The molecule has 0 saturated carbocycles. The maximum Gasteiger partial charge on any atom is 0.255 e. The van der Waals surface area contributed by atoms with Crippen LogP contribution in [0.3, 0.4) is 0 Å². The minimum Gasteiger partial charge on any atom is -0.496 e. The fraction of sp³-hybridized carbons (Fsp3) is 0.214. The van der Waals surface area contributed by atoms with Gasteiger partial charge in [0.25, 0.3) is 5.91 Å². The average molecular weight is 245 g/mol. The van der Waals surface area contributed by atoms with Crippen LogP contribution in [0.2, 0.25) is 0 Å². The van der Waals surface area contributed by atoms with E-state index in [4.69, 9.17) is 9.15 Å². The molecule has 0 unspecified atom stereocenters. The normalized spacial score (nSPS) is 10.1. The van der Waals surface area contributed by atoms with Crippen LogP contribution in [0, 0.1) is 0 Å². The van der Waals surface area contributed by atoms with Gasteiger partial charge in [-0.3, -0.25) is 4.79 Å². The number of nitrogens with one attached hydrogen (secondary N) is 1. The molecule has 1 aromatic carbocycles. The van der Waals surface area contributed by atoms with E-state index >= 15 is 0 Å². The van der Waals surface area contributed by atoms with Gasteiger partial charge < -0.3 is 14.5 Å². The Morgan fingerprint density at radius 2 is 2.11 bits per heavy atom. The lowest BCUT2D eigenvalue weighted by molar-refractivity contribution is 0.0950. The molecule has 0 aliphatic carbocycles. The SMILES string of the molecule is COc1ccccc1C(=O)NCCc1ccco1. The third-order valence-electron chi connectivity index (χ3n) is 2.59. The summed E-state index contributed by atoms with van der Waals surface area (Å²) in [6.45, 7) is 0.532. The van der Waals surface area contributed by atoms with Crippen LogP contribution >= 0.6 is 0 Å².